The minimum atomic E-state index is 0. The number of fused-ring (bicyclic) bond motifs is 1. The van der Waals surface area contributed by atoms with Crippen molar-refractivity contribution in [3.8, 4) is 0 Å². The number of hydrogen-bond acceptors (Lipinski definition) is 3. The highest BCUT2D eigenvalue weighted by Gasteiger charge is 1.99. The van der Waals surface area contributed by atoms with E-state index >= 15 is 0 Å². The second-order valence-corrected chi connectivity index (χ2v) is 2.59. The predicted molar refractivity (Wildman–Crippen MR) is 52.7 cm³/mol. The van der Waals surface area contributed by atoms with Crippen LogP contribution in [0.3, 0.4) is 0 Å². The summed E-state index contributed by atoms with van der Waals surface area (Å²) >= 11 is 0. The molecule has 13 heavy (non-hydrogen) atoms. The van der Waals surface area contributed by atoms with Crippen LogP contribution in [-0.2, 0) is 4.84 Å². The standard InChI is InChI=1S/C9H10N2O.ClH/c1-12-11-6-8-4-2-3-5-9(8)10-7-11;/h2-6H,7H2,1H3;1H. The molecule has 0 spiro atoms. The van der Waals surface area contributed by atoms with E-state index < -0.39 is 0 Å². The van der Waals surface area contributed by atoms with Crippen molar-refractivity contribution in [2.24, 2.45) is 4.99 Å². The molecule has 0 amide bonds. The Labute approximate surface area is 82.7 Å². The number of hydroxylamine groups is 2. The van der Waals surface area contributed by atoms with Crippen LogP contribution in [0.5, 0.6) is 0 Å². The zero-order valence-electron chi connectivity index (χ0n) is 7.30. The van der Waals surface area contributed by atoms with Crippen LogP contribution < -0.4 is 10.6 Å². The molecule has 0 aliphatic carbocycles. The molecule has 0 atom stereocenters. The molecule has 0 fully saturated rings. The molecule has 1 aromatic rings. The summed E-state index contributed by atoms with van der Waals surface area (Å²) in [5.74, 6) is 0. The molecule has 1 heterocycles. The SMILES string of the molecule is CON1C=c2ccccc2=NC1.Cl. The summed E-state index contributed by atoms with van der Waals surface area (Å²) in [6.45, 7) is 0.577. The topological polar surface area (TPSA) is 24.8 Å². The van der Waals surface area contributed by atoms with E-state index in [4.69, 9.17) is 4.84 Å². The van der Waals surface area contributed by atoms with Gasteiger partial charge in [0.1, 0.15) is 6.67 Å². The van der Waals surface area contributed by atoms with Crippen molar-refractivity contribution in [3.05, 3.63) is 34.8 Å². The maximum Gasteiger partial charge on any atom is 0.135 e. The number of benzene rings is 1. The Morgan fingerprint density at radius 3 is 2.92 bits per heavy atom. The summed E-state index contributed by atoms with van der Waals surface area (Å²) in [6, 6.07) is 7.99. The van der Waals surface area contributed by atoms with E-state index in [1.807, 2.05) is 30.5 Å². The number of nitrogens with zero attached hydrogens (tertiary/aromatic N) is 2. The predicted octanol–water partition coefficient (Wildman–Crippen LogP) is 0.301. The fourth-order valence-electron chi connectivity index (χ4n) is 1.19. The van der Waals surface area contributed by atoms with Crippen LogP contribution in [0.2, 0.25) is 0 Å². The summed E-state index contributed by atoms with van der Waals surface area (Å²) in [5.41, 5.74) is 0. The summed E-state index contributed by atoms with van der Waals surface area (Å²) in [5, 5.41) is 3.83. The molecular formula is C9H11ClN2O. The maximum atomic E-state index is 5.03. The van der Waals surface area contributed by atoms with E-state index in [9.17, 15) is 0 Å². The van der Waals surface area contributed by atoms with Gasteiger partial charge in [0.25, 0.3) is 0 Å². The number of hydrogen-bond donors (Lipinski definition) is 0. The Hall–Kier alpha value is -1.06. The van der Waals surface area contributed by atoms with E-state index in [0.29, 0.717) is 6.67 Å². The second kappa shape index (κ2) is 4.25. The van der Waals surface area contributed by atoms with Crippen molar-refractivity contribution in [1.82, 2.24) is 5.06 Å². The Kier molecular flexibility index (Phi) is 3.28. The van der Waals surface area contributed by atoms with Gasteiger partial charge in [-0.25, -0.2) is 5.06 Å². The highest BCUT2D eigenvalue weighted by Crippen LogP contribution is 1.91. The lowest BCUT2D eigenvalue weighted by Gasteiger charge is -2.16. The highest BCUT2D eigenvalue weighted by atomic mass is 35.5. The van der Waals surface area contributed by atoms with Crippen molar-refractivity contribution in [3.63, 3.8) is 0 Å². The Bertz CT molecular complexity index is 391. The van der Waals surface area contributed by atoms with Crippen LogP contribution in [0.25, 0.3) is 6.20 Å². The van der Waals surface area contributed by atoms with Crippen LogP contribution in [0.4, 0.5) is 0 Å². The van der Waals surface area contributed by atoms with Gasteiger partial charge in [-0.3, -0.25) is 9.83 Å². The first-order valence-electron chi connectivity index (χ1n) is 3.82. The van der Waals surface area contributed by atoms with Gasteiger partial charge in [-0.15, -0.1) is 12.4 Å². The summed E-state index contributed by atoms with van der Waals surface area (Å²) in [7, 11) is 1.64. The molecule has 1 aliphatic heterocycles. The van der Waals surface area contributed by atoms with E-state index in [1.165, 1.54) is 0 Å². The summed E-state index contributed by atoms with van der Waals surface area (Å²) in [4.78, 5) is 9.35. The summed E-state index contributed by atoms with van der Waals surface area (Å²) in [6.07, 6.45) is 1.95. The van der Waals surface area contributed by atoms with Crippen LogP contribution in [0, 0.1) is 0 Å². The first-order valence-corrected chi connectivity index (χ1v) is 3.82. The number of rotatable bonds is 1. The third-order valence-electron chi connectivity index (χ3n) is 1.83. The zero-order valence-corrected chi connectivity index (χ0v) is 8.12. The van der Waals surface area contributed by atoms with Gasteiger partial charge in [0.05, 0.1) is 12.5 Å². The number of halogens is 1. The Balaban J connectivity index is 0.000000845. The maximum absolute atomic E-state index is 5.03. The normalized spacial score (nSPS) is 13.5. The lowest BCUT2D eigenvalue weighted by atomic mass is 10.3. The molecule has 0 unspecified atom stereocenters. The molecule has 0 N–H and O–H groups in total. The Morgan fingerprint density at radius 1 is 1.38 bits per heavy atom. The van der Waals surface area contributed by atoms with E-state index in [-0.39, 0.29) is 12.4 Å². The quantitative estimate of drug-likeness (QED) is 0.649. The molecule has 3 nitrogen and oxygen atoms in total. The van der Waals surface area contributed by atoms with Gasteiger partial charge in [0.15, 0.2) is 0 Å². The van der Waals surface area contributed by atoms with E-state index in [1.54, 1.807) is 12.2 Å². The molecule has 0 aromatic heterocycles. The average Bonchev–Trinajstić information content (AvgIpc) is 2.17. The van der Waals surface area contributed by atoms with Gasteiger partial charge in [-0.1, -0.05) is 18.2 Å². The minimum absolute atomic E-state index is 0. The zero-order chi connectivity index (χ0) is 8.39. The largest absolute Gasteiger partial charge is 0.276 e. The van der Waals surface area contributed by atoms with Crippen molar-refractivity contribution in [2.45, 2.75) is 0 Å². The van der Waals surface area contributed by atoms with Gasteiger partial charge in [-0.05, 0) is 6.07 Å². The molecule has 70 valence electrons. The molecule has 1 aromatic carbocycles. The third-order valence-corrected chi connectivity index (χ3v) is 1.83. The molecule has 4 heteroatoms. The fraction of sp³-hybridized carbons (Fsp3) is 0.222. The lowest BCUT2D eigenvalue weighted by Crippen LogP contribution is -2.35. The smallest absolute Gasteiger partial charge is 0.135 e. The minimum Gasteiger partial charge on any atom is -0.276 e. The fourth-order valence-corrected chi connectivity index (χ4v) is 1.19. The van der Waals surface area contributed by atoms with Crippen molar-refractivity contribution >= 4 is 18.6 Å². The van der Waals surface area contributed by atoms with Crippen LogP contribution in [0.1, 0.15) is 0 Å². The molecule has 0 saturated carbocycles. The molecule has 2 rings (SSSR count). The average molecular weight is 199 g/mol. The van der Waals surface area contributed by atoms with Crippen molar-refractivity contribution in [2.75, 3.05) is 13.8 Å². The van der Waals surface area contributed by atoms with Gasteiger partial charge in [0.2, 0.25) is 0 Å². The molecular weight excluding hydrogens is 188 g/mol. The van der Waals surface area contributed by atoms with Crippen molar-refractivity contribution in [1.29, 1.82) is 0 Å². The van der Waals surface area contributed by atoms with Gasteiger partial charge in [-0.2, -0.15) is 0 Å². The summed E-state index contributed by atoms with van der Waals surface area (Å²) < 4.78 is 0. The highest BCUT2D eigenvalue weighted by molar-refractivity contribution is 5.85. The molecule has 0 saturated heterocycles. The Morgan fingerprint density at radius 2 is 2.15 bits per heavy atom. The van der Waals surface area contributed by atoms with Crippen LogP contribution in [-0.4, -0.2) is 18.8 Å². The van der Waals surface area contributed by atoms with E-state index in [2.05, 4.69) is 4.99 Å². The molecule has 0 bridgehead atoms. The van der Waals surface area contributed by atoms with Gasteiger partial charge < -0.3 is 0 Å². The van der Waals surface area contributed by atoms with Crippen LogP contribution in [0.15, 0.2) is 29.3 Å². The number of para-hydroxylation sites is 1. The molecule has 1 aliphatic rings. The second-order valence-electron chi connectivity index (χ2n) is 2.59. The first kappa shape index (κ1) is 10.0. The third kappa shape index (κ3) is 1.99. The van der Waals surface area contributed by atoms with E-state index in [0.717, 1.165) is 10.6 Å². The molecule has 0 radical (unpaired) electrons. The van der Waals surface area contributed by atoms with Gasteiger partial charge >= 0.3 is 0 Å². The van der Waals surface area contributed by atoms with Gasteiger partial charge in [0, 0.05) is 11.4 Å². The van der Waals surface area contributed by atoms with Crippen molar-refractivity contribution < 1.29 is 4.84 Å². The lowest BCUT2D eigenvalue weighted by molar-refractivity contribution is -0.0695. The first-order chi connectivity index (χ1) is 5.90. The monoisotopic (exact) mass is 198 g/mol. The van der Waals surface area contributed by atoms with Crippen LogP contribution >= 0.6 is 12.4 Å².